The molecule has 4 rings (SSSR count). The average Bonchev–Trinajstić information content (AvgIpc) is 3.61. The molecular formula is C26H27NO6S. The summed E-state index contributed by atoms with van der Waals surface area (Å²) in [5.74, 6) is 0.0664. The van der Waals surface area contributed by atoms with Gasteiger partial charge in [-0.3, -0.25) is 9.59 Å². The molecular weight excluding hydrogens is 454 g/mol. The lowest BCUT2D eigenvalue weighted by Crippen LogP contribution is -2.30. The van der Waals surface area contributed by atoms with Crippen molar-refractivity contribution in [1.82, 2.24) is 4.90 Å². The van der Waals surface area contributed by atoms with E-state index in [1.54, 1.807) is 55.0 Å². The largest absolute Gasteiger partial charge is 0.503 e. The lowest BCUT2D eigenvalue weighted by atomic mass is 9.95. The number of hydrogen-bond acceptors (Lipinski definition) is 7. The molecule has 1 amide bonds. The Morgan fingerprint density at radius 1 is 1.18 bits per heavy atom. The Kier molecular flexibility index (Phi) is 7.37. The molecule has 0 spiro atoms. The molecule has 34 heavy (non-hydrogen) atoms. The molecule has 1 unspecified atom stereocenters. The van der Waals surface area contributed by atoms with Gasteiger partial charge in [0.2, 0.25) is 5.78 Å². The van der Waals surface area contributed by atoms with E-state index in [9.17, 15) is 14.7 Å². The van der Waals surface area contributed by atoms with Gasteiger partial charge < -0.3 is 23.9 Å². The third-order valence-electron chi connectivity index (χ3n) is 5.71. The summed E-state index contributed by atoms with van der Waals surface area (Å²) in [5, 5.41) is 12.6. The van der Waals surface area contributed by atoms with E-state index in [1.807, 2.05) is 0 Å². The van der Waals surface area contributed by atoms with Crippen LogP contribution in [0.3, 0.4) is 0 Å². The van der Waals surface area contributed by atoms with Crippen molar-refractivity contribution in [3.05, 3.63) is 81.6 Å². The van der Waals surface area contributed by atoms with Gasteiger partial charge in [-0.1, -0.05) is 31.9 Å². The molecule has 1 aromatic carbocycles. The average molecular weight is 482 g/mol. The topological polar surface area (TPSA) is 89.2 Å². The number of benzene rings is 1. The van der Waals surface area contributed by atoms with Gasteiger partial charge in [-0.25, -0.2) is 0 Å². The number of aliphatic hydroxyl groups is 1. The van der Waals surface area contributed by atoms with Gasteiger partial charge in [-0.15, -0.1) is 11.3 Å². The van der Waals surface area contributed by atoms with Crippen LogP contribution in [0.15, 0.2) is 69.9 Å². The molecule has 3 heterocycles. The Morgan fingerprint density at radius 2 is 2.03 bits per heavy atom. The lowest BCUT2D eigenvalue weighted by molar-refractivity contribution is -0.130. The molecule has 0 radical (unpaired) electrons. The number of ketones is 1. The summed E-state index contributed by atoms with van der Waals surface area (Å²) in [6, 6.07) is 11.4. The molecule has 0 aliphatic carbocycles. The summed E-state index contributed by atoms with van der Waals surface area (Å²) in [7, 11) is 1.55. The molecule has 2 aromatic heterocycles. The zero-order valence-corrected chi connectivity index (χ0v) is 20.0. The Labute approximate surface area is 202 Å². The highest BCUT2D eigenvalue weighted by molar-refractivity contribution is 7.12. The molecule has 8 heteroatoms. The van der Waals surface area contributed by atoms with Crippen LogP contribution in [0.2, 0.25) is 0 Å². The predicted octanol–water partition coefficient (Wildman–Crippen LogP) is 5.70. The Morgan fingerprint density at radius 3 is 2.71 bits per heavy atom. The summed E-state index contributed by atoms with van der Waals surface area (Å²) < 4.78 is 16.9. The van der Waals surface area contributed by atoms with Crippen LogP contribution in [0.5, 0.6) is 11.5 Å². The molecule has 0 saturated carbocycles. The first-order valence-corrected chi connectivity index (χ1v) is 12.1. The smallest absolute Gasteiger partial charge is 0.290 e. The van der Waals surface area contributed by atoms with Crippen LogP contribution in [-0.2, 0) is 11.3 Å². The van der Waals surface area contributed by atoms with Gasteiger partial charge >= 0.3 is 0 Å². The third-order valence-corrected chi connectivity index (χ3v) is 6.58. The second-order valence-corrected chi connectivity index (χ2v) is 8.90. The third kappa shape index (κ3) is 4.72. The van der Waals surface area contributed by atoms with Crippen LogP contribution < -0.4 is 9.47 Å². The van der Waals surface area contributed by atoms with Crippen molar-refractivity contribution in [2.24, 2.45) is 0 Å². The summed E-state index contributed by atoms with van der Waals surface area (Å²) in [4.78, 5) is 28.3. The molecule has 1 atom stereocenters. The number of Topliss-reactive ketones (excluding diaryl/α,β-unsaturated/α-hetero) is 1. The summed E-state index contributed by atoms with van der Waals surface area (Å²) >= 11 is 1.26. The van der Waals surface area contributed by atoms with Gasteiger partial charge in [0.15, 0.2) is 17.3 Å². The van der Waals surface area contributed by atoms with Gasteiger partial charge in [0.25, 0.3) is 5.91 Å². The highest BCUT2D eigenvalue weighted by Crippen LogP contribution is 2.42. The molecule has 0 bridgehead atoms. The molecule has 0 saturated heterocycles. The second kappa shape index (κ2) is 10.6. The summed E-state index contributed by atoms with van der Waals surface area (Å²) in [5.41, 5.74) is 0.666. The Bertz CT molecular complexity index is 1170. The van der Waals surface area contributed by atoms with E-state index in [0.29, 0.717) is 34.3 Å². The first-order chi connectivity index (χ1) is 16.5. The van der Waals surface area contributed by atoms with Crippen molar-refractivity contribution in [2.75, 3.05) is 13.7 Å². The molecule has 178 valence electrons. The Hall–Kier alpha value is -3.52. The van der Waals surface area contributed by atoms with Gasteiger partial charge in [0.05, 0.1) is 43.0 Å². The fourth-order valence-electron chi connectivity index (χ4n) is 4.01. The van der Waals surface area contributed by atoms with Crippen molar-refractivity contribution >= 4 is 23.0 Å². The van der Waals surface area contributed by atoms with Crippen LogP contribution in [-0.4, -0.2) is 35.4 Å². The first kappa shape index (κ1) is 23.6. The molecule has 1 N–H and O–H groups in total. The number of aliphatic hydroxyl groups excluding tert-OH is 1. The van der Waals surface area contributed by atoms with Crippen LogP contribution >= 0.6 is 11.3 Å². The fourth-order valence-corrected chi connectivity index (χ4v) is 4.69. The Balaban J connectivity index is 1.72. The second-order valence-electron chi connectivity index (χ2n) is 7.95. The monoisotopic (exact) mass is 481 g/mol. The number of carbonyl (C=O) groups is 2. The minimum Gasteiger partial charge on any atom is -0.503 e. The van der Waals surface area contributed by atoms with E-state index in [-0.39, 0.29) is 17.9 Å². The van der Waals surface area contributed by atoms with Crippen LogP contribution in [0, 0.1) is 0 Å². The number of unbranched alkanes of at least 4 members (excludes halogenated alkanes) is 2. The minimum absolute atomic E-state index is 0.0395. The quantitative estimate of drug-likeness (QED) is 0.279. The van der Waals surface area contributed by atoms with E-state index in [4.69, 9.17) is 13.9 Å². The van der Waals surface area contributed by atoms with Gasteiger partial charge in [-0.05, 0) is 47.7 Å². The number of rotatable bonds is 11. The zero-order chi connectivity index (χ0) is 24.1. The van der Waals surface area contributed by atoms with Gasteiger partial charge in [0, 0.05) is 0 Å². The lowest BCUT2D eigenvalue weighted by Gasteiger charge is -2.26. The maximum atomic E-state index is 13.4. The summed E-state index contributed by atoms with van der Waals surface area (Å²) in [6.45, 7) is 2.79. The number of methoxy groups -OCH3 is 1. The number of ether oxygens (including phenoxy) is 2. The number of amides is 1. The van der Waals surface area contributed by atoms with Gasteiger partial charge in [0.1, 0.15) is 5.76 Å². The van der Waals surface area contributed by atoms with E-state index >= 15 is 0 Å². The fraction of sp³-hybridized carbons (Fsp3) is 0.308. The van der Waals surface area contributed by atoms with Crippen LogP contribution in [0.25, 0.3) is 0 Å². The van der Waals surface area contributed by atoms with Crippen molar-refractivity contribution in [2.45, 2.75) is 38.8 Å². The predicted molar refractivity (Wildman–Crippen MR) is 128 cm³/mol. The number of carbonyl (C=O) groups excluding carboxylic acids is 2. The minimum atomic E-state index is -0.810. The maximum Gasteiger partial charge on any atom is 0.290 e. The van der Waals surface area contributed by atoms with Crippen LogP contribution in [0.4, 0.5) is 0 Å². The van der Waals surface area contributed by atoms with Gasteiger partial charge in [-0.2, -0.15) is 0 Å². The highest BCUT2D eigenvalue weighted by atomic mass is 32.1. The molecule has 1 aliphatic rings. The summed E-state index contributed by atoms with van der Waals surface area (Å²) in [6.07, 6.45) is 4.62. The van der Waals surface area contributed by atoms with E-state index in [0.717, 1.165) is 19.3 Å². The van der Waals surface area contributed by atoms with E-state index in [1.165, 1.54) is 22.5 Å². The normalized spacial score (nSPS) is 15.8. The molecule has 1 aliphatic heterocycles. The number of furan rings is 1. The first-order valence-electron chi connectivity index (χ1n) is 11.2. The van der Waals surface area contributed by atoms with E-state index < -0.39 is 17.7 Å². The highest BCUT2D eigenvalue weighted by Gasteiger charge is 2.44. The number of thiophene rings is 1. The van der Waals surface area contributed by atoms with Crippen molar-refractivity contribution in [1.29, 1.82) is 0 Å². The van der Waals surface area contributed by atoms with E-state index in [2.05, 4.69) is 6.92 Å². The number of hydrogen-bond donors (Lipinski definition) is 1. The molecule has 7 nitrogen and oxygen atoms in total. The molecule has 0 fully saturated rings. The van der Waals surface area contributed by atoms with Crippen molar-refractivity contribution in [3.8, 4) is 11.5 Å². The zero-order valence-electron chi connectivity index (χ0n) is 19.2. The van der Waals surface area contributed by atoms with Crippen molar-refractivity contribution < 1.29 is 28.6 Å². The van der Waals surface area contributed by atoms with Crippen molar-refractivity contribution in [3.63, 3.8) is 0 Å². The molecule has 3 aromatic rings. The maximum absolute atomic E-state index is 13.4. The van der Waals surface area contributed by atoms with Crippen LogP contribution in [0.1, 0.15) is 53.2 Å². The standard InChI is InChI=1S/C26H27NO6S/c1-3-4-5-12-33-19-11-10-17(15-20(19)31-2)23-22(24(28)21-9-7-14-34-21)25(29)26(30)27(23)16-18-8-6-13-32-18/h6-11,13-15,23,29H,3-5,12,16H2,1-2H3. The SMILES string of the molecule is CCCCCOc1ccc(C2C(C(=O)c3cccs3)=C(O)C(=O)N2Cc2ccco2)cc1OC. The number of nitrogens with zero attached hydrogens (tertiary/aromatic N) is 1.